The second-order valence-corrected chi connectivity index (χ2v) is 3.91. The molecular weight excluding hydrogens is 228 g/mol. The summed E-state index contributed by atoms with van der Waals surface area (Å²) in [6.07, 6.45) is 1.50. The maximum absolute atomic E-state index is 11.7. The topological polar surface area (TPSA) is 102 Å². The van der Waals surface area contributed by atoms with E-state index in [0.717, 1.165) is 0 Å². The molecule has 1 aliphatic rings. The van der Waals surface area contributed by atoms with Crippen molar-refractivity contribution in [2.24, 2.45) is 0 Å². The van der Waals surface area contributed by atoms with Gasteiger partial charge in [0.1, 0.15) is 6.54 Å². The molecule has 8 heteroatoms. The molecule has 2 rings (SSSR count). The highest BCUT2D eigenvalue weighted by Crippen LogP contribution is 2.10. The minimum absolute atomic E-state index is 0.0411. The van der Waals surface area contributed by atoms with Gasteiger partial charge in [0.25, 0.3) is 0 Å². The molecule has 1 saturated heterocycles. The van der Waals surface area contributed by atoms with Crippen molar-refractivity contribution in [2.75, 3.05) is 13.1 Å². The van der Waals surface area contributed by atoms with Gasteiger partial charge in [0.2, 0.25) is 5.91 Å². The average molecular weight is 240 g/mol. The molecule has 2 heterocycles. The van der Waals surface area contributed by atoms with E-state index in [9.17, 15) is 20.0 Å². The molecule has 0 radical (unpaired) electrons. The molecule has 92 valence electrons. The van der Waals surface area contributed by atoms with E-state index in [4.69, 9.17) is 0 Å². The highest BCUT2D eigenvalue weighted by atomic mass is 16.6. The zero-order valence-corrected chi connectivity index (χ0v) is 9.02. The second kappa shape index (κ2) is 4.50. The zero-order valence-electron chi connectivity index (χ0n) is 9.02. The van der Waals surface area contributed by atoms with Crippen molar-refractivity contribution >= 4 is 11.7 Å². The monoisotopic (exact) mass is 240 g/mol. The number of nitro groups is 1. The Bertz CT molecular complexity index is 444. The number of aromatic nitrogens is 2. The highest BCUT2D eigenvalue weighted by Gasteiger charge is 2.25. The molecule has 0 bridgehead atoms. The van der Waals surface area contributed by atoms with Gasteiger partial charge in [-0.05, 0) is 11.3 Å². The Hall–Kier alpha value is -1.96. The van der Waals surface area contributed by atoms with E-state index >= 15 is 0 Å². The van der Waals surface area contributed by atoms with Gasteiger partial charge in [-0.3, -0.25) is 4.79 Å². The molecule has 1 fully saturated rings. The first-order valence-electron chi connectivity index (χ1n) is 5.20. The Labute approximate surface area is 96.6 Å². The van der Waals surface area contributed by atoms with E-state index in [-0.39, 0.29) is 18.3 Å². The van der Waals surface area contributed by atoms with Crippen LogP contribution in [0.15, 0.2) is 12.3 Å². The zero-order chi connectivity index (χ0) is 12.4. The number of amides is 1. The standard InChI is InChI=1S/C9H12N4O4/c14-7-1-3-11(5-7)9(15)6-12-4-2-8(10-12)13(16)17/h2,4,7,14H,1,3,5-6H2. The van der Waals surface area contributed by atoms with E-state index in [1.165, 1.54) is 21.8 Å². The van der Waals surface area contributed by atoms with Crippen molar-refractivity contribution in [3.8, 4) is 0 Å². The average Bonchev–Trinajstić information content (AvgIpc) is 2.86. The summed E-state index contributed by atoms with van der Waals surface area (Å²) in [5.41, 5.74) is 0. The van der Waals surface area contributed by atoms with Crippen molar-refractivity contribution in [1.29, 1.82) is 0 Å². The summed E-state index contributed by atoms with van der Waals surface area (Å²) in [4.78, 5) is 23.0. The molecule has 1 atom stereocenters. The minimum atomic E-state index is -0.611. The highest BCUT2D eigenvalue weighted by molar-refractivity contribution is 5.76. The van der Waals surface area contributed by atoms with Gasteiger partial charge in [0, 0.05) is 13.1 Å². The van der Waals surface area contributed by atoms with Crippen LogP contribution in [0.2, 0.25) is 0 Å². The van der Waals surface area contributed by atoms with Crippen molar-refractivity contribution in [3.05, 3.63) is 22.4 Å². The van der Waals surface area contributed by atoms with Crippen LogP contribution >= 0.6 is 0 Å². The maximum atomic E-state index is 11.7. The smallest absolute Gasteiger partial charge is 0.389 e. The fraction of sp³-hybridized carbons (Fsp3) is 0.556. The van der Waals surface area contributed by atoms with E-state index in [1.54, 1.807) is 0 Å². The van der Waals surface area contributed by atoms with Gasteiger partial charge in [-0.25, -0.2) is 0 Å². The predicted molar refractivity (Wildman–Crippen MR) is 56.1 cm³/mol. The summed E-state index contributed by atoms with van der Waals surface area (Å²) in [5, 5.41) is 23.3. The second-order valence-electron chi connectivity index (χ2n) is 3.91. The third-order valence-electron chi connectivity index (χ3n) is 2.63. The number of carbonyl (C=O) groups excluding carboxylic acids is 1. The minimum Gasteiger partial charge on any atom is -0.391 e. The molecule has 1 unspecified atom stereocenters. The summed E-state index contributed by atoms with van der Waals surface area (Å²) in [7, 11) is 0. The number of carbonyl (C=O) groups is 1. The van der Waals surface area contributed by atoms with E-state index in [0.29, 0.717) is 19.5 Å². The molecule has 17 heavy (non-hydrogen) atoms. The van der Waals surface area contributed by atoms with E-state index < -0.39 is 11.0 Å². The Balaban J connectivity index is 1.96. The largest absolute Gasteiger partial charge is 0.391 e. The van der Waals surface area contributed by atoms with Crippen LogP contribution in [0.1, 0.15) is 6.42 Å². The fourth-order valence-corrected chi connectivity index (χ4v) is 1.74. The van der Waals surface area contributed by atoms with Gasteiger partial charge in [-0.1, -0.05) is 0 Å². The predicted octanol–water partition coefficient (Wildman–Crippen LogP) is -0.616. The van der Waals surface area contributed by atoms with Gasteiger partial charge in [-0.15, -0.1) is 0 Å². The molecule has 0 aromatic carbocycles. The fourth-order valence-electron chi connectivity index (χ4n) is 1.74. The van der Waals surface area contributed by atoms with Gasteiger partial charge in [-0.2, -0.15) is 4.68 Å². The summed E-state index contributed by atoms with van der Waals surface area (Å²) in [5.74, 6) is -0.473. The number of hydrogen-bond acceptors (Lipinski definition) is 5. The lowest BCUT2D eigenvalue weighted by Crippen LogP contribution is -2.32. The number of aliphatic hydroxyl groups excluding tert-OH is 1. The van der Waals surface area contributed by atoms with Gasteiger partial charge < -0.3 is 20.1 Å². The van der Waals surface area contributed by atoms with Crippen LogP contribution in [0, 0.1) is 10.1 Å². The lowest BCUT2D eigenvalue weighted by atomic mass is 10.3. The van der Waals surface area contributed by atoms with Crippen LogP contribution in [0.4, 0.5) is 5.82 Å². The van der Waals surface area contributed by atoms with Crippen LogP contribution < -0.4 is 0 Å². The first kappa shape index (κ1) is 11.5. The first-order valence-corrected chi connectivity index (χ1v) is 5.20. The number of rotatable bonds is 3. The molecule has 1 aliphatic heterocycles. The molecule has 1 aromatic rings. The molecule has 8 nitrogen and oxygen atoms in total. The normalized spacial score (nSPS) is 19.6. The Morgan fingerprint density at radius 1 is 1.71 bits per heavy atom. The Morgan fingerprint density at radius 3 is 3.00 bits per heavy atom. The molecule has 1 N–H and O–H groups in total. The Kier molecular flexibility index (Phi) is 3.05. The number of β-amino-alcohol motifs (C(OH)–C–C–N with tert-alkyl or cyclic N) is 1. The summed E-state index contributed by atoms with van der Waals surface area (Å²) >= 11 is 0. The lowest BCUT2D eigenvalue weighted by molar-refractivity contribution is -0.389. The number of aliphatic hydroxyl groups is 1. The van der Waals surface area contributed by atoms with E-state index in [2.05, 4.69) is 5.10 Å². The number of nitrogens with zero attached hydrogens (tertiary/aromatic N) is 4. The SMILES string of the molecule is O=C(Cn1ccc([N+](=O)[O-])n1)N1CCC(O)C1. The van der Waals surface area contributed by atoms with Crippen molar-refractivity contribution in [2.45, 2.75) is 19.1 Å². The van der Waals surface area contributed by atoms with Crippen molar-refractivity contribution in [1.82, 2.24) is 14.7 Å². The Morgan fingerprint density at radius 2 is 2.47 bits per heavy atom. The number of hydrogen-bond donors (Lipinski definition) is 1. The maximum Gasteiger partial charge on any atom is 0.389 e. The van der Waals surface area contributed by atoms with Crippen molar-refractivity contribution in [3.63, 3.8) is 0 Å². The first-order chi connectivity index (χ1) is 8.06. The quantitative estimate of drug-likeness (QED) is 0.560. The molecule has 1 amide bonds. The molecule has 1 aromatic heterocycles. The van der Waals surface area contributed by atoms with Crippen LogP contribution in [0.3, 0.4) is 0 Å². The lowest BCUT2D eigenvalue weighted by Gasteiger charge is -2.14. The van der Waals surface area contributed by atoms with Gasteiger partial charge in [0.05, 0.1) is 23.5 Å². The molecule has 0 saturated carbocycles. The molecular formula is C9H12N4O4. The summed E-state index contributed by atoms with van der Waals surface area (Å²) in [6.45, 7) is 0.798. The van der Waals surface area contributed by atoms with Crippen LogP contribution in [-0.2, 0) is 11.3 Å². The van der Waals surface area contributed by atoms with Crippen molar-refractivity contribution < 1.29 is 14.8 Å². The van der Waals surface area contributed by atoms with Crippen LogP contribution in [0.25, 0.3) is 0 Å². The third-order valence-corrected chi connectivity index (χ3v) is 2.63. The number of likely N-dealkylation sites (tertiary alicyclic amines) is 1. The van der Waals surface area contributed by atoms with E-state index in [1.807, 2.05) is 0 Å². The molecule has 0 aliphatic carbocycles. The summed E-state index contributed by atoms with van der Waals surface area (Å²) < 4.78 is 1.23. The third kappa shape index (κ3) is 2.59. The summed E-state index contributed by atoms with van der Waals surface area (Å²) in [6, 6.07) is 1.24. The van der Waals surface area contributed by atoms with Crippen LogP contribution in [-0.4, -0.2) is 49.8 Å². The van der Waals surface area contributed by atoms with Crippen LogP contribution in [0.5, 0.6) is 0 Å². The molecule has 0 spiro atoms. The van der Waals surface area contributed by atoms with Gasteiger partial charge >= 0.3 is 5.82 Å². The van der Waals surface area contributed by atoms with Gasteiger partial charge in [0.15, 0.2) is 0 Å².